The van der Waals surface area contributed by atoms with Crippen molar-refractivity contribution in [2.45, 2.75) is 6.42 Å². The molecule has 4 heteroatoms. The maximum atomic E-state index is 13.0. The first kappa shape index (κ1) is 10.8. The molecule has 0 aliphatic heterocycles. The summed E-state index contributed by atoms with van der Waals surface area (Å²) < 4.78 is 17.9. The Bertz CT molecular complexity index is 291. The van der Waals surface area contributed by atoms with Crippen molar-refractivity contribution in [1.82, 2.24) is 0 Å². The molecule has 0 radical (unpaired) electrons. The van der Waals surface area contributed by atoms with Gasteiger partial charge in [-0.2, -0.15) is 0 Å². The van der Waals surface area contributed by atoms with Crippen molar-refractivity contribution in [2.24, 2.45) is 0 Å². The van der Waals surface area contributed by atoms with Gasteiger partial charge in [0.2, 0.25) is 0 Å². The molecule has 0 spiro atoms. The molecule has 0 bridgehead atoms. The van der Waals surface area contributed by atoms with Gasteiger partial charge in [0.25, 0.3) is 0 Å². The number of para-hydroxylation sites is 1. The van der Waals surface area contributed by atoms with Crippen LogP contribution in [0.4, 0.5) is 15.8 Å². The third kappa shape index (κ3) is 2.88. The Morgan fingerprint density at radius 3 is 3.00 bits per heavy atom. The first-order valence-corrected chi connectivity index (χ1v) is 4.52. The molecule has 0 aromatic heterocycles. The quantitative estimate of drug-likeness (QED) is 0.560. The highest BCUT2D eigenvalue weighted by atomic mass is 19.1. The number of nitrogen functional groups attached to an aromatic ring is 1. The van der Waals surface area contributed by atoms with Crippen molar-refractivity contribution < 1.29 is 9.13 Å². The molecule has 1 aromatic carbocycles. The zero-order chi connectivity index (χ0) is 10.4. The number of nitrogens with two attached hydrogens (primary N) is 1. The normalized spacial score (nSPS) is 10.1. The fourth-order valence-corrected chi connectivity index (χ4v) is 1.13. The van der Waals surface area contributed by atoms with Gasteiger partial charge in [-0.05, 0) is 18.6 Å². The summed E-state index contributed by atoms with van der Waals surface area (Å²) in [4.78, 5) is 0. The Kier molecular flexibility index (Phi) is 4.19. The van der Waals surface area contributed by atoms with Crippen LogP contribution in [0.1, 0.15) is 6.42 Å². The van der Waals surface area contributed by atoms with E-state index in [1.54, 1.807) is 19.2 Å². The van der Waals surface area contributed by atoms with Crippen LogP contribution in [0, 0.1) is 5.82 Å². The molecule has 0 heterocycles. The second-order valence-electron chi connectivity index (χ2n) is 2.97. The van der Waals surface area contributed by atoms with Crippen molar-refractivity contribution in [2.75, 3.05) is 31.3 Å². The van der Waals surface area contributed by atoms with Gasteiger partial charge in [0.1, 0.15) is 5.82 Å². The second kappa shape index (κ2) is 5.44. The first-order chi connectivity index (χ1) is 6.75. The molecule has 0 saturated heterocycles. The summed E-state index contributed by atoms with van der Waals surface area (Å²) in [6, 6.07) is 4.73. The zero-order valence-corrected chi connectivity index (χ0v) is 8.22. The van der Waals surface area contributed by atoms with Crippen LogP contribution in [0.3, 0.4) is 0 Å². The molecule has 0 aliphatic rings. The number of rotatable bonds is 5. The maximum absolute atomic E-state index is 13.0. The largest absolute Gasteiger partial charge is 0.395 e. The van der Waals surface area contributed by atoms with Crippen LogP contribution in [0.2, 0.25) is 0 Å². The Morgan fingerprint density at radius 1 is 1.50 bits per heavy atom. The number of benzene rings is 1. The molecular formula is C10H15FN2O. The minimum Gasteiger partial charge on any atom is -0.395 e. The van der Waals surface area contributed by atoms with Gasteiger partial charge in [0, 0.05) is 20.3 Å². The summed E-state index contributed by atoms with van der Waals surface area (Å²) in [5.74, 6) is -0.387. The average molecular weight is 198 g/mol. The molecule has 1 rings (SSSR count). The third-order valence-corrected chi connectivity index (χ3v) is 1.89. The van der Waals surface area contributed by atoms with Gasteiger partial charge < -0.3 is 15.8 Å². The smallest absolute Gasteiger partial charge is 0.148 e. The van der Waals surface area contributed by atoms with Gasteiger partial charge in [0.15, 0.2) is 0 Å². The topological polar surface area (TPSA) is 47.3 Å². The van der Waals surface area contributed by atoms with E-state index in [0.717, 1.165) is 13.0 Å². The van der Waals surface area contributed by atoms with Crippen molar-refractivity contribution in [1.29, 1.82) is 0 Å². The van der Waals surface area contributed by atoms with Gasteiger partial charge in [-0.15, -0.1) is 0 Å². The lowest BCUT2D eigenvalue weighted by atomic mass is 10.2. The fraction of sp³-hybridized carbons (Fsp3) is 0.400. The van der Waals surface area contributed by atoms with Gasteiger partial charge in [-0.1, -0.05) is 6.07 Å². The first-order valence-electron chi connectivity index (χ1n) is 4.52. The minimum absolute atomic E-state index is 0.171. The van der Waals surface area contributed by atoms with E-state index in [-0.39, 0.29) is 11.5 Å². The van der Waals surface area contributed by atoms with E-state index in [4.69, 9.17) is 10.5 Å². The van der Waals surface area contributed by atoms with Crippen molar-refractivity contribution in [3.8, 4) is 0 Å². The summed E-state index contributed by atoms with van der Waals surface area (Å²) in [7, 11) is 1.65. The molecule has 3 N–H and O–H groups in total. The molecule has 0 fully saturated rings. The summed E-state index contributed by atoms with van der Waals surface area (Å²) in [5.41, 5.74) is 6.34. The van der Waals surface area contributed by atoms with Crippen LogP contribution in [0.5, 0.6) is 0 Å². The lowest BCUT2D eigenvalue weighted by Gasteiger charge is -2.08. The van der Waals surface area contributed by atoms with Gasteiger partial charge in [-0.3, -0.25) is 0 Å². The van der Waals surface area contributed by atoms with E-state index in [2.05, 4.69) is 5.32 Å². The van der Waals surface area contributed by atoms with Crippen LogP contribution >= 0.6 is 0 Å². The number of hydrogen-bond acceptors (Lipinski definition) is 3. The van der Waals surface area contributed by atoms with Crippen LogP contribution < -0.4 is 11.1 Å². The predicted octanol–water partition coefficient (Wildman–Crippen LogP) is 1.86. The third-order valence-electron chi connectivity index (χ3n) is 1.89. The molecular weight excluding hydrogens is 183 g/mol. The lowest BCUT2D eigenvalue weighted by Crippen LogP contribution is -2.07. The standard InChI is InChI=1S/C10H15FN2O/c1-14-7-3-6-13-9-5-2-4-8(11)10(9)12/h2,4-5,13H,3,6-7,12H2,1H3. The molecule has 0 amide bonds. The van der Waals surface area contributed by atoms with Crippen molar-refractivity contribution in [3.63, 3.8) is 0 Å². The number of methoxy groups -OCH3 is 1. The number of hydrogen-bond donors (Lipinski definition) is 2. The maximum Gasteiger partial charge on any atom is 0.148 e. The summed E-state index contributed by atoms with van der Waals surface area (Å²) in [6.45, 7) is 1.41. The number of ether oxygens (including phenoxy) is 1. The van der Waals surface area contributed by atoms with Crippen LogP contribution in [-0.4, -0.2) is 20.3 Å². The van der Waals surface area contributed by atoms with Crippen molar-refractivity contribution in [3.05, 3.63) is 24.0 Å². The molecule has 78 valence electrons. The van der Waals surface area contributed by atoms with E-state index in [1.165, 1.54) is 6.07 Å². The fourth-order valence-electron chi connectivity index (χ4n) is 1.13. The second-order valence-corrected chi connectivity index (χ2v) is 2.97. The van der Waals surface area contributed by atoms with Crippen molar-refractivity contribution >= 4 is 11.4 Å². The molecule has 0 saturated carbocycles. The molecule has 1 aromatic rings. The predicted molar refractivity (Wildman–Crippen MR) is 55.8 cm³/mol. The molecule has 3 nitrogen and oxygen atoms in total. The Balaban J connectivity index is 2.46. The monoisotopic (exact) mass is 198 g/mol. The molecule has 0 atom stereocenters. The Hall–Kier alpha value is -1.29. The summed E-state index contributed by atoms with van der Waals surface area (Å²) in [6.07, 6.45) is 0.868. The number of anilines is 2. The minimum atomic E-state index is -0.387. The zero-order valence-electron chi connectivity index (χ0n) is 8.22. The summed E-state index contributed by atoms with van der Waals surface area (Å²) >= 11 is 0. The van der Waals surface area contributed by atoms with E-state index in [0.29, 0.717) is 12.3 Å². The number of halogens is 1. The lowest BCUT2D eigenvalue weighted by molar-refractivity contribution is 0.198. The highest BCUT2D eigenvalue weighted by Crippen LogP contribution is 2.20. The van der Waals surface area contributed by atoms with Crippen LogP contribution in [0.15, 0.2) is 18.2 Å². The van der Waals surface area contributed by atoms with Crippen LogP contribution in [0.25, 0.3) is 0 Å². The van der Waals surface area contributed by atoms with E-state index >= 15 is 0 Å². The SMILES string of the molecule is COCCCNc1cccc(F)c1N. The highest BCUT2D eigenvalue weighted by molar-refractivity contribution is 5.66. The van der Waals surface area contributed by atoms with Gasteiger partial charge in [-0.25, -0.2) is 4.39 Å². The van der Waals surface area contributed by atoms with Crippen LogP contribution in [-0.2, 0) is 4.74 Å². The Morgan fingerprint density at radius 2 is 2.29 bits per heavy atom. The van der Waals surface area contributed by atoms with E-state index in [9.17, 15) is 4.39 Å². The number of nitrogens with one attached hydrogen (secondary N) is 1. The Labute approximate surface area is 83.1 Å². The molecule has 0 aliphatic carbocycles. The molecule has 14 heavy (non-hydrogen) atoms. The van der Waals surface area contributed by atoms with Gasteiger partial charge >= 0.3 is 0 Å². The van der Waals surface area contributed by atoms with E-state index < -0.39 is 0 Å². The summed E-state index contributed by atoms with van der Waals surface area (Å²) in [5, 5.41) is 3.04. The van der Waals surface area contributed by atoms with E-state index in [1.807, 2.05) is 0 Å². The molecule has 0 unspecified atom stereocenters. The van der Waals surface area contributed by atoms with Gasteiger partial charge in [0.05, 0.1) is 11.4 Å². The average Bonchev–Trinajstić information content (AvgIpc) is 2.19. The highest BCUT2D eigenvalue weighted by Gasteiger charge is 2.02.